The van der Waals surface area contributed by atoms with E-state index in [9.17, 15) is 4.79 Å². The van der Waals surface area contributed by atoms with E-state index in [-0.39, 0.29) is 11.8 Å². The molecule has 0 spiro atoms. The van der Waals surface area contributed by atoms with Crippen molar-refractivity contribution in [2.24, 2.45) is 5.92 Å². The van der Waals surface area contributed by atoms with Crippen molar-refractivity contribution in [2.45, 2.75) is 25.9 Å². The Bertz CT molecular complexity index is 619. The van der Waals surface area contributed by atoms with Crippen molar-refractivity contribution >= 4 is 17.1 Å². The number of hydrogen-bond acceptors (Lipinski definition) is 4. The van der Waals surface area contributed by atoms with E-state index in [1.54, 1.807) is 13.3 Å². The first-order valence-electron chi connectivity index (χ1n) is 6.86. The van der Waals surface area contributed by atoms with E-state index in [1.807, 2.05) is 16.7 Å². The molecule has 1 fully saturated rings. The molecule has 0 aromatic carbocycles. The maximum absolute atomic E-state index is 11.7. The van der Waals surface area contributed by atoms with Gasteiger partial charge in [0.1, 0.15) is 11.3 Å². The van der Waals surface area contributed by atoms with Crippen LogP contribution in [0.2, 0.25) is 0 Å². The molecule has 6 heteroatoms. The normalized spacial score (nSPS) is 14.7. The number of fused-ring (bicyclic) bond motifs is 1. The molecule has 0 unspecified atom stereocenters. The summed E-state index contributed by atoms with van der Waals surface area (Å²) in [7, 11) is 1.67. The van der Waals surface area contributed by atoms with Crippen molar-refractivity contribution in [1.29, 1.82) is 0 Å². The number of imidazole rings is 1. The van der Waals surface area contributed by atoms with Gasteiger partial charge in [0.15, 0.2) is 5.65 Å². The first-order chi connectivity index (χ1) is 9.79. The van der Waals surface area contributed by atoms with E-state index in [0.717, 1.165) is 29.8 Å². The molecule has 1 N–H and O–H groups in total. The van der Waals surface area contributed by atoms with Gasteiger partial charge in [0.05, 0.1) is 13.2 Å². The van der Waals surface area contributed by atoms with Crippen molar-refractivity contribution in [3.8, 4) is 0 Å². The number of carbonyl (C=O) groups is 1. The maximum Gasteiger partial charge on any atom is 0.223 e. The average Bonchev–Trinajstić information content (AvgIpc) is 3.25. The fourth-order valence-electron chi connectivity index (χ4n) is 2.21. The third-order valence-corrected chi connectivity index (χ3v) is 3.47. The minimum atomic E-state index is 0.128. The highest BCUT2D eigenvalue weighted by atomic mass is 16.5. The first kappa shape index (κ1) is 13.1. The van der Waals surface area contributed by atoms with Crippen LogP contribution in [0.1, 0.15) is 18.7 Å². The molecule has 0 bridgehead atoms. The van der Waals surface area contributed by atoms with Crippen LogP contribution in [0.25, 0.3) is 11.2 Å². The number of aromatic nitrogens is 3. The van der Waals surface area contributed by atoms with Crippen molar-refractivity contribution < 1.29 is 9.53 Å². The number of carbonyl (C=O) groups excluding carboxylic acids is 1. The van der Waals surface area contributed by atoms with Crippen LogP contribution in [-0.4, -0.2) is 34.2 Å². The van der Waals surface area contributed by atoms with Gasteiger partial charge in [0.2, 0.25) is 5.91 Å². The molecule has 106 valence electrons. The van der Waals surface area contributed by atoms with Gasteiger partial charge in [-0.1, -0.05) is 0 Å². The molecule has 0 aliphatic heterocycles. The molecule has 2 aromatic heterocycles. The fraction of sp³-hybridized carbons (Fsp3) is 0.500. The number of ether oxygens (including phenoxy) is 1. The Labute approximate surface area is 117 Å². The van der Waals surface area contributed by atoms with Crippen LogP contribution >= 0.6 is 0 Å². The summed E-state index contributed by atoms with van der Waals surface area (Å²) < 4.78 is 7.14. The largest absolute Gasteiger partial charge is 0.383 e. The highest BCUT2D eigenvalue weighted by Gasteiger charge is 2.29. The number of methoxy groups -OCH3 is 1. The lowest BCUT2D eigenvalue weighted by atomic mass is 10.4. The van der Waals surface area contributed by atoms with Gasteiger partial charge >= 0.3 is 0 Å². The molecule has 0 atom stereocenters. The third kappa shape index (κ3) is 2.65. The van der Waals surface area contributed by atoms with Crippen molar-refractivity contribution in [3.05, 3.63) is 24.2 Å². The Morgan fingerprint density at radius 3 is 3.15 bits per heavy atom. The number of hydrogen-bond donors (Lipinski definition) is 1. The number of nitrogens with zero attached hydrogens (tertiary/aromatic N) is 3. The van der Waals surface area contributed by atoms with Crippen molar-refractivity contribution in [2.75, 3.05) is 13.7 Å². The molecule has 0 saturated heterocycles. The molecule has 0 radical (unpaired) electrons. The maximum atomic E-state index is 11.7. The summed E-state index contributed by atoms with van der Waals surface area (Å²) in [4.78, 5) is 20.6. The topological polar surface area (TPSA) is 69.0 Å². The molecule has 20 heavy (non-hydrogen) atoms. The van der Waals surface area contributed by atoms with E-state index in [0.29, 0.717) is 19.7 Å². The second-order valence-electron chi connectivity index (χ2n) is 5.01. The minimum Gasteiger partial charge on any atom is -0.383 e. The summed E-state index contributed by atoms with van der Waals surface area (Å²) in [6.45, 7) is 1.71. The zero-order chi connectivity index (χ0) is 13.9. The predicted molar refractivity (Wildman–Crippen MR) is 74.0 cm³/mol. The number of amides is 1. The average molecular weight is 274 g/mol. The number of rotatable bonds is 6. The van der Waals surface area contributed by atoms with Crippen molar-refractivity contribution in [3.63, 3.8) is 0 Å². The van der Waals surface area contributed by atoms with Crippen LogP contribution in [-0.2, 0) is 22.6 Å². The highest BCUT2D eigenvalue weighted by Crippen LogP contribution is 2.28. The number of pyridine rings is 1. The Hall–Kier alpha value is -1.95. The van der Waals surface area contributed by atoms with Gasteiger partial charge in [0.25, 0.3) is 0 Å². The van der Waals surface area contributed by atoms with Crippen LogP contribution in [0, 0.1) is 5.92 Å². The Kier molecular flexibility index (Phi) is 3.64. The Morgan fingerprint density at radius 1 is 1.55 bits per heavy atom. The minimum absolute atomic E-state index is 0.128. The molecular formula is C14H18N4O2. The molecule has 1 saturated carbocycles. The zero-order valence-electron chi connectivity index (χ0n) is 11.5. The Balaban J connectivity index is 1.81. The smallest absolute Gasteiger partial charge is 0.223 e. The van der Waals surface area contributed by atoms with Gasteiger partial charge in [-0.05, 0) is 25.0 Å². The van der Waals surface area contributed by atoms with Gasteiger partial charge in [-0.2, -0.15) is 0 Å². The Morgan fingerprint density at radius 2 is 2.40 bits per heavy atom. The van der Waals surface area contributed by atoms with Crippen LogP contribution in [0.15, 0.2) is 18.3 Å². The monoisotopic (exact) mass is 274 g/mol. The fourth-order valence-corrected chi connectivity index (χ4v) is 2.21. The quantitative estimate of drug-likeness (QED) is 0.856. The van der Waals surface area contributed by atoms with Gasteiger partial charge in [-0.25, -0.2) is 9.97 Å². The predicted octanol–water partition coefficient (Wildman–Crippen LogP) is 1.10. The van der Waals surface area contributed by atoms with Crippen LogP contribution in [0.3, 0.4) is 0 Å². The summed E-state index contributed by atoms with van der Waals surface area (Å²) in [6, 6.07) is 3.79. The van der Waals surface area contributed by atoms with E-state index in [2.05, 4.69) is 15.3 Å². The molecule has 2 aromatic rings. The standard InChI is InChI=1S/C14H18N4O2/c1-20-8-7-18-12(9-16-14(19)10-4-5-10)17-11-3-2-6-15-13(11)18/h2-3,6,10H,4-5,7-9H2,1H3,(H,16,19). The van der Waals surface area contributed by atoms with Crippen LogP contribution in [0.5, 0.6) is 0 Å². The summed E-state index contributed by atoms with van der Waals surface area (Å²) in [5.41, 5.74) is 1.68. The van der Waals surface area contributed by atoms with E-state index < -0.39 is 0 Å². The lowest BCUT2D eigenvalue weighted by Crippen LogP contribution is -2.26. The van der Waals surface area contributed by atoms with E-state index >= 15 is 0 Å². The molecule has 1 aliphatic rings. The van der Waals surface area contributed by atoms with Crippen LogP contribution < -0.4 is 5.32 Å². The molecule has 6 nitrogen and oxygen atoms in total. The zero-order valence-corrected chi connectivity index (χ0v) is 11.5. The lowest BCUT2D eigenvalue weighted by Gasteiger charge is -2.08. The van der Waals surface area contributed by atoms with Gasteiger partial charge in [-0.3, -0.25) is 4.79 Å². The second kappa shape index (κ2) is 5.58. The molecule has 3 rings (SSSR count). The number of nitrogens with one attached hydrogen (secondary N) is 1. The first-order valence-corrected chi connectivity index (χ1v) is 6.86. The second-order valence-corrected chi connectivity index (χ2v) is 5.01. The highest BCUT2D eigenvalue weighted by molar-refractivity contribution is 5.80. The van der Waals surface area contributed by atoms with E-state index in [4.69, 9.17) is 4.74 Å². The van der Waals surface area contributed by atoms with Crippen LogP contribution in [0.4, 0.5) is 0 Å². The summed E-state index contributed by atoms with van der Waals surface area (Å²) in [5, 5.41) is 2.95. The summed E-state index contributed by atoms with van der Waals surface area (Å²) in [6.07, 6.45) is 3.76. The molecule has 1 aliphatic carbocycles. The van der Waals surface area contributed by atoms with E-state index in [1.165, 1.54) is 0 Å². The molecule has 1 amide bonds. The molecule has 2 heterocycles. The summed E-state index contributed by atoms with van der Waals surface area (Å²) in [5.74, 6) is 1.16. The SMILES string of the molecule is COCCn1c(CNC(=O)C2CC2)nc2cccnc21. The van der Waals surface area contributed by atoms with Gasteiger partial charge < -0.3 is 14.6 Å². The van der Waals surface area contributed by atoms with Crippen molar-refractivity contribution in [1.82, 2.24) is 19.9 Å². The third-order valence-electron chi connectivity index (χ3n) is 3.47. The summed E-state index contributed by atoms with van der Waals surface area (Å²) >= 11 is 0. The van der Waals surface area contributed by atoms with Gasteiger partial charge in [-0.15, -0.1) is 0 Å². The molecular weight excluding hydrogens is 256 g/mol. The van der Waals surface area contributed by atoms with Gasteiger partial charge in [0, 0.05) is 25.8 Å². The lowest BCUT2D eigenvalue weighted by molar-refractivity contribution is -0.122.